The van der Waals surface area contributed by atoms with Crippen LogP contribution in [-0.2, 0) is 20.7 Å². The molecule has 27 heavy (non-hydrogen) atoms. The van der Waals surface area contributed by atoms with E-state index in [0.717, 1.165) is 11.1 Å². The summed E-state index contributed by atoms with van der Waals surface area (Å²) in [6.45, 7) is 20.7. The van der Waals surface area contributed by atoms with Gasteiger partial charge in [-0.1, -0.05) is 93.5 Å². The van der Waals surface area contributed by atoms with Crippen molar-refractivity contribution in [2.75, 3.05) is 0 Å². The van der Waals surface area contributed by atoms with E-state index in [4.69, 9.17) is 0 Å². The lowest BCUT2D eigenvalue weighted by molar-refractivity contribution is 0.584. The van der Waals surface area contributed by atoms with Gasteiger partial charge in [0, 0.05) is 0 Å². The van der Waals surface area contributed by atoms with E-state index in [1.54, 1.807) is 24.3 Å². The molecule has 0 saturated carbocycles. The molecule has 2 aromatic rings. The lowest BCUT2D eigenvalue weighted by Crippen LogP contribution is -2.12. The minimum absolute atomic E-state index is 0.0106. The Bertz CT molecular complexity index is 707. The Labute approximate surface area is 168 Å². The summed E-state index contributed by atoms with van der Waals surface area (Å²) in [6.07, 6.45) is 0. The van der Waals surface area contributed by atoms with Crippen molar-refractivity contribution in [3.05, 3.63) is 59.7 Å². The first kappa shape index (κ1) is 25.4. The van der Waals surface area contributed by atoms with E-state index in [9.17, 15) is 8.42 Å². The number of sulfone groups is 1. The molecule has 3 heteroatoms. The Morgan fingerprint density at radius 3 is 0.926 bits per heavy atom. The smallest absolute Gasteiger partial charge is 0.206 e. The van der Waals surface area contributed by atoms with Gasteiger partial charge < -0.3 is 0 Å². The molecule has 0 heterocycles. The van der Waals surface area contributed by atoms with Crippen LogP contribution in [0.1, 0.15) is 80.4 Å². The lowest BCUT2D eigenvalue weighted by Gasteiger charge is -2.20. The van der Waals surface area contributed by atoms with E-state index in [-0.39, 0.29) is 10.8 Å². The van der Waals surface area contributed by atoms with E-state index >= 15 is 0 Å². The molecule has 0 aromatic heterocycles. The Morgan fingerprint density at radius 2 is 0.741 bits per heavy atom. The first-order valence-corrected chi connectivity index (χ1v) is 11.4. The van der Waals surface area contributed by atoms with E-state index < -0.39 is 9.84 Å². The van der Waals surface area contributed by atoms with Crippen molar-refractivity contribution in [2.45, 2.75) is 89.9 Å². The van der Waals surface area contributed by atoms with E-state index in [1.807, 2.05) is 52.0 Å². The molecule has 0 saturated heterocycles. The molecule has 2 aromatic carbocycles. The lowest BCUT2D eigenvalue weighted by atomic mass is 9.87. The molecule has 2 rings (SSSR count). The number of hydrogen-bond donors (Lipinski definition) is 0. The summed E-state index contributed by atoms with van der Waals surface area (Å²) in [5.74, 6) is 0. The van der Waals surface area contributed by atoms with Crippen LogP contribution < -0.4 is 0 Å². The van der Waals surface area contributed by atoms with Gasteiger partial charge in [0.25, 0.3) is 0 Å². The van der Waals surface area contributed by atoms with Gasteiger partial charge in [0.1, 0.15) is 0 Å². The summed E-state index contributed by atoms with van der Waals surface area (Å²) in [5, 5.41) is 0. The van der Waals surface area contributed by atoms with Crippen LogP contribution in [0.2, 0.25) is 0 Å². The molecule has 0 spiro atoms. The van der Waals surface area contributed by atoms with Crippen molar-refractivity contribution in [1.82, 2.24) is 0 Å². The maximum Gasteiger partial charge on any atom is 0.206 e. The summed E-state index contributed by atoms with van der Waals surface area (Å²) < 4.78 is 25.5. The average molecular weight is 391 g/mol. The van der Waals surface area contributed by atoms with Gasteiger partial charge in [0.05, 0.1) is 9.79 Å². The highest BCUT2D eigenvalue weighted by Crippen LogP contribution is 2.28. The van der Waals surface area contributed by atoms with Gasteiger partial charge in [0.15, 0.2) is 0 Å². The van der Waals surface area contributed by atoms with Gasteiger partial charge in [-0.2, -0.15) is 0 Å². The molecular weight excluding hydrogens is 352 g/mol. The zero-order chi connectivity index (χ0) is 21.5. The summed E-state index contributed by atoms with van der Waals surface area (Å²) >= 11 is 0. The topological polar surface area (TPSA) is 34.1 Å². The molecule has 0 aliphatic heterocycles. The predicted molar refractivity (Wildman–Crippen MR) is 118 cm³/mol. The summed E-state index contributed by atoms with van der Waals surface area (Å²) in [6, 6.07) is 14.4. The zero-order valence-corrected chi connectivity index (χ0v) is 19.7. The van der Waals surface area contributed by atoms with Gasteiger partial charge in [-0.3, -0.25) is 0 Å². The van der Waals surface area contributed by atoms with Crippen molar-refractivity contribution >= 4 is 9.84 Å². The largest absolute Gasteiger partial charge is 0.219 e. The molecule has 0 fully saturated rings. The highest BCUT2D eigenvalue weighted by Gasteiger charge is 2.21. The monoisotopic (exact) mass is 390 g/mol. The van der Waals surface area contributed by atoms with Crippen LogP contribution in [0.25, 0.3) is 0 Å². The molecule has 2 nitrogen and oxygen atoms in total. The number of benzene rings is 2. The third-order valence-corrected chi connectivity index (χ3v) is 5.85. The molecule has 0 radical (unpaired) electrons. The number of rotatable bonds is 2. The van der Waals surface area contributed by atoms with Crippen LogP contribution in [0.5, 0.6) is 0 Å². The van der Waals surface area contributed by atoms with Gasteiger partial charge in [-0.25, -0.2) is 8.42 Å². The van der Waals surface area contributed by atoms with Gasteiger partial charge in [-0.05, 0) is 46.2 Å². The van der Waals surface area contributed by atoms with Crippen LogP contribution in [0.15, 0.2) is 58.3 Å². The van der Waals surface area contributed by atoms with Crippen LogP contribution in [0.4, 0.5) is 0 Å². The zero-order valence-electron chi connectivity index (χ0n) is 18.8. The van der Waals surface area contributed by atoms with Crippen LogP contribution >= 0.6 is 0 Å². The molecule has 0 aliphatic rings. The second-order valence-electron chi connectivity index (χ2n) is 8.05. The first-order valence-electron chi connectivity index (χ1n) is 9.88. The Morgan fingerprint density at radius 1 is 0.519 bits per heavy atom. The molecule has 0 bridgehead atoms. The SMILES string of the molecule is CC.CC.CC(C)(C)c1ccc(S(=O)(=O)c2ccc(C(C)(C)C)cc2)cc1. The van der Waals surface area contributed by atoms with E-state index in [0.29, 0.717) is 9.79 Å². The van der Waals surface area contributed by atoms with Gasteiger partial charge in [-0.15, -0.1) is 0 Å². The highest BCUT2D eigenvalue weighted by molar-refractivity contribution is 7.91. The fraction of sp³-hybridized carbons (Fsp3) is 0.500. The van der Waals surface area contributed by atoms with Crippen LogP contribution in [0, 0.1) is 0 Å². The molecular formula is C24H38O2S. The van der Waals surface area contributed by atoms with Crippen molar-refractivity contribution in [1.29, 1.82) is 0 Å². The summed E-state index contributed by atoms with van der Waals surface area (Å²) in [5.41, 5.74) is 2.27. The molecule has 0 unspecified atom stereocenters. The molecule has 0 N–H and O–H groups in total. The van der Waals surface area contributed by atoms with E-state index in [1.165, 1.54) is 0 Å². The molecule has 152 valence electrons. The van der Waals surface area contributed by atoms with Crippen molar-refractivity contribution in [3.63, 3.8) is 0 Å². The van der Waals surface area contributed by atoms with Crippen molar-refractivity contribution < 1.29 is 8.42 Å². The molecule has 0 amide bonds. The van der Waals surface area contributed by atoms with Gasteiger partial charge in [0.2, 0.25) is 9.84 Å². The second-order valence-corrected chi connectivity index (χ2v) is 10.0. The second kappa shape index (κ2) is 10.1. The molecule has 0 atom stereocenters. The Kier molecular flexibility index (Phi) is 9.48. The summed E-state index contributed by atoms with van der Waals surface area (Å²) in [4.78, 5) is 0.683. The predicted octanol–water partition coefficient (Wildman–Crippen LogP) is 7.17. The standard InChI is InChI=1S/C20H26O2S.2C2H6/c1-19(2,3)15-7-11-17(12-8-15)23(21,22)18-13-9-16(10-14-18)20(4,5)6;2*1-2/h7-14H,1-6H3;2*1-2H3. The summed E-state index contributed by atoms with van der Waals surface area (Å²) in [7, 11) is -3.46. The Hall–Kier alpha value is -1.61. The third-order valence-electron chi connectivity index (χ3n) is 4.06. The first-order chi connectivity index (χ1) is 12.4. The minimum Gasteiger partial charge on any atom is -0.219 e. The minimum atomic E-state index is -3.46. The molecule has 0 aliphatic carbocycles. The van der Waals surface area contributed by atoms with Crippen molar-refractivity contribution in [3.8, 4) is 0 Å². The maximum absolute atomic E-state index is 12.8. The average Bonchev–Trinajstić information content (AvgIpc) is 2.64. The fourth-order valence-corrected chi connectivity index (χ4v) is 3.67. The van der Waals surface area contributed by atoms with Gasteiger partial charge >= 0.3 is 0 Å². The third kappa shape index (κ3) is 6.80. The normalized spacial score (nSPS) is 11.6. The van der Waals surface area contributed by atoms with Crippen LogP contribution in [-0.4, -0.2) is 8.42 Å². The van der Waals surface area contributed by atoms with E-state index in [2.05, 4.69) is 41.5 Å². The highest BCUT2D eigenvalue weighted by atomic mass is 32.2. The maximum atomic E-state index is 12.8. The van der Waals surface area contributed by atoms with Crippen molar-refractivity contribution in [2.24, 2.45) is 0 Å². The Balaban J connectivity index is 0.00000158. The number of hydrogen-bond acceptors (Lipinski definition) is 2. The van der Waals surface area contributed by atoms with Crippen LogP contribution in [0.3, 0.4) is 0 Å². The quantitative estimate of drug-likeness (QED) is 0.545. The fourth-order valence-electron chi connectivity index (χ4n) is 2.40.